The Hall–Kier alpha value is -2.38. The van der Waals surface area contributed by atoms with Gasteiger partial charge in [0.15, 0.2) is 5.92 Å². The largest absolute Gasteiger partial charge is 0.465 e. The van der Waals surface area contributed by atoms with Crippen molar-refractivity contribution in [1.82, 2.24) is 0 Å². The normalized spacial score (nSPS) is 12.4. The number of hydrogen-bond acceptors (Lipinski definition) is 6. The predicted octanol–water partition coefficient (Wildman–Crippen LogP) is -1.37. The van der Waals surface area contributed by atoms with Gasteiger partial charge >= 0.3 is 11.9 Å². The molecule has 8 nitrogen and oxygen atoms in total. The Kier molecular flexibility index (Phi) is 6.87. The second-order valence-electron chi connectivity index (χ2n) is 3.30. The second kappa shape index (κ2) is 7.85. The number of amides is 2. The van der Waals surface area contributed by atoms with Crippen molar-refractivity contribution >= 4 is 23.8 Å². The van der Waals surface area contributed by atoms with Crippen molar-refractivity contribution in [1.29, 1.82) is 0 Å². The van der Waals surface area contributed by atoms with E-state index in [1.807, 2.05) is 0 Å². The SMILES string of the molecule is CCOC(=O)/C(=C/[C@H](C(N)=O)C(=O)OCC)C(N)=O. The van der Waals surface area contributed by atoms with Crippen molar-refractivity contribution in [3.8, 4) is 0 Å². The lowest BCUT2D eigenvalue weighted by Gasteiger charge is -2.09. The van der Waals surface area contributed by atoms with Gasteiger partial charge in [-0.25, -0.2) is 4.79 Å². The average molecular weight is 272 g/mol. The highest BCUT2D eigenvalue weighted by Crippen LogP contribution is 2.08. The molecule has 0 unspecified atom stereocenters. The zero-order chi connectivity index (χ0) is 15.0. The summed E-state index contributed by atoms with van der Waals surface area (Å²) in [7, 11) is 0. The highest BCUT2D eigenvalue weighted by Gasteiger charge is 2.28. The molecular weight excluding hydrogens is 256 g/mol. The minimum absolute atomic E-state index is 0.00407. The fourth-order valence-electron chi connectivity index (χ4n) is 1.12. The van der Waals surface area contributed by atoms with Crippen LogP contribution in [-0.4, -0.2) is 37.0 Å². The van der Waals surface area contributed by atoms with Crippen LogP contribution in [0.15, 0.2) is 11.6 Å². The molecule has 0 spiro atoms. The van der Waals surface area contributed by atoms with E-state index in [-0.39, 0.29) is 13.2 Å². The van der Waals surface area contributed by atoms with Crippen molar-refractivity contribution < 1.29 is 28.7 Å². The Labute approximate surface area is 109 Å². The number of hydrogen-bond donors (Lipinski definition) is 2. The fourth-order valence-corrected chi connectivity index (χ4v) is 1.12. The molecule has 0 saturated carbocycles. The van der Waals surface area contributed by atoms with E-state index in [0.29, 0.717) is 0 Å². The minimum Gasteiger partial charge on any atom is -0.465 e. The maximum absolute atomic E-state index is 11.5. The molecular formula is C11H16N2O6. The van der Waals surface area contributed by atoms with Crippen molar-refractivity contribution in [2.24, 2.45) is 17.4 Å². The lowest BCUT2D eigenvalue weighted by molar-refractivity contribution is -0.149. The third-order valence-corrected chi connectivity index (χ3v) is 1.94. The van der Waals surface area contributed by atoms with Gasteiger partial charge in [0.25, 0.3) is 5.91 Å². The highest BCUT2D eigenvalue weighted by atomic mass is 16.5. The molecule has 2 amide bonds. The number of primary amides is 2. The van der Waals surface area contributed by atoms with Crippen LogP contribution >= 0.6 is 0 Å². The number of carbonyl (C=O) groups is 4. The maximum atomic E-state index is 11.5. The number of carbonyl (C=O) groups excluding carboxylic acids is 4. The first-order chi connectivity index (χ1) is 8.84. The molecule has 0 aromatic carbocycles. The smallest absolute Gasteiger partial charge is 0.343 e. The summed E-state index contributed by atoms with van der Waals surface area (Å²) < 4.78 is 9.17. The van der Waals surface area contributed by atoms with Gasteiger partial charge in [-0.05, 0) is 19.9 Å². The van der Waals surface area contributed by atoms with Crippen LogP contribution in [0.3, 0.4) is 0 Å². The fraction of sp³-hybridized carbons (Fsp3) is 0.455. The monoisotopic (exact) mass is 272 g/mol. The van der Waals surface area contributed by atoms with Crippen LogP contribution in [0.2, 0.25) is 0 Å². The van der Waals surface area contributed by atoms with E-state index in [1.165, 1.54) is 13.8 Å². The summed E-state index contributed by atoms with van der Waals surface area (Å²) >= 11 is 0. The van der Waals surface area contributed by atoms with Crippen LogP contribution in [0.1, 0.15) is 13.8 Å². The Morgan fingerprint density at radius 3 is 1.95 bits per heavy atom. The summed E-state index contributed by atoms with van der Waals surface area (Å²) in [6.45, 7) is 3.07. The quantitative estimate of drug-likeness (QED) is 0.253. The van der Waals surface area contributed by atoms with Crippen LogP contribution in [0.5, 0.6) is 0 Å². The van der Waals surface area contributed by atoms with Crippen molar-refractivity contribution in [3.63, 3.8) is 0 Å². The van der Waals surface area contributed by atoms with E-state index in [9.17, 15) is 19.2 Å². The lowest BCUT2D eigenvalue weighted by atomic mass is 10.0. The molecule has 0 aliphatic heterocycles. The molecule has 19 heavy (non-hydrogen) atoms. The molecule has 1 atom stereocenters. The summed E-state index contributed by atoms with van der Waals surface area (Å²) in [6.07, 6.45) is 0.751. The van der Waals surface area contributed by atoms with Gasteiger partial charge in [-0.15, -0.1) is 0 Å². The van der Waals surface area contributed by atoms with Gasteiger partial charge in [0.1, 0.15) is 5.57 Å². The van der Waals surface area contributed by atoms with Gasteiger partial charge in [-0.1, -0.05) is 0 Å². The maximum Gasteiger partial charge on any atom is 0.343 e. The summed E-state index contributed by atoms with van der Waals surface area (Å²) in [6, 6.07) is 0. The molecule has 106 valence electrons. The number of ether oxygens (including phenoxy) is 2. The van der Waals surface area contributed by atoms with Gasteiger partial charge < -0.3 is 20.9 Å². The highest BCUT2D eigenvalue weighted by molar-refractivity contribution is 6.17. The van der Waals surface area contributed by atoms with Crippen molar-refractivity contribution in [2.45, 2.75) is 13.8 Å². The molecule has 0 aliphatic rings. The van der Waals surface area contributed by atoms with Gasteiger partial charge in [0.05, 0.1) is 13.2 Å². The van der Waals surface area contributed by atoms with Crippen LogP contribution in [0.25, 0.3) is 0 Å². The van der Waals surface area contributed by atoms with E-state index in [4.69, 9.17) is 11.5 Å². The zero-order valence-electron chi connectivity index (χ0n) is 10.7. The molecule has 0 heterocycles. The van der Waals surface area contributed by atoms with Gasteiger partial charge in [-0.2, -0.15) is 0 Å². The Bertz CT molecular complexity index is 415. The summed E-state index contributed by atoms with van der Waals surface area (Å²) in [5.41, 5.74) is 9.35. The van der Waals surface area contributed by atoms with Gasteiger partial charge in [0, 0.05) is 0 Å². The number of esters is 2. The van der Waals surface area contributed by atoms with Crippen LogP contribution in [-0.2, 0) is 28.7 Å². The van der Waals surface area contributed by atoms with E-state index >= 15 is 0 Å². The molecule has 0 aliphatic carbocycles. The lowest BCUT2D eigenvalue weighted by Crippen LogP contribution is -2.33. The molecule has 0 aromatic heterocycles. The number of nitrogens with two attached hydrogens (primary N) is 2. The first-order valence-electron chi connectivity index (χ1n) is 5.49. The van der Waals surface area contributed by atoms with E-state index < -0.39 is 35.2 Å². The second-order valence-corrected chi connectivity index (χ2v) is 3.30. The average Bonchev–Trinajstić information content (AvgIpc) is 2.29. The first-order valence-corrected chi connectivity index (χ1v) is 5.49. The molecule has 0 saturated heterocycles. The third kappa shape index (κ3) is 5.19. The van der Waals surface area contributed by atoms with E-state index in [0.717, 1.165) is 6.08 Å². The van der Waals surface area contributed by atoms with Crippen LogP contribution in [0.4, 0.5) is 0 Å². The van der Waals surface area contributed by atoms with E-state index in [2.05, 4.69) is 9.47 Å². The molecule has 8 heteroatoms. The topological polar surface area (TPSA) is 139 Å². The Morgan fingerprint density at radius 1 is 1.05 bits per heavy atom. The molecule has 0 aromatic rings. The van der Waals surface area contributed by atoms with Crippen LogP contribution in [0, 0.1) is 5.92 Å². The summed E-state index contributed by atoms with van der Waals surface area (Å²) in [5, 5.41) is 0. The van der Waals surface area contributed by atoms with Crippen LogP contribution < -0.4 is 11.5 Å². The first kappa shape index (κ1) is 16.6. The summed E-state index contributed by atoms with van der Waals surface area (Å²) in [5.74, 6) is -5.79. The predicted molar refractivity (Wildman–Crippen MR) is 63.2 cm³/mol. The van der Waals surface area contributed by atoms with Crippen molar-refractivity contribution in [2.75, 3.05) is 13.2 Å². The Morgan fingerprint density at radius 2 is 1.58 bits per heavy atom. The standard InChI is InChI=1S/C11H16N2O6/c1-3-18-10(16)6(8(12)14)5-7(9(13)15)11(17)19-4-2/h5-6H,3-4H2,1-2H3,(H2,12,14)(H2,13,15)/b7-5+/t6-/m1/s1. The van der Waals surface area contributed by atoms with Gasteiger partial charge in [0.2, 0.25) is 5.91 Å². The molecule has 0 fully saturated rings. The summed E-state index contributed by atoms with van der Waals surface area (Å²) in [4.78, 5) is 45.1. The molecule has 0 radical (unpaired) electrons. The number of rotatable bonds is 7. The third-order valence-electron chi connectivity index (χ3n) is 1.94. The molecule has 0 rings (SSSR count). The van der Waals surface area contributed by atoms with Gasteiger partial charge in [-0.3, -0.25) is 14.4 Å². The van der Waals surface area contributed by atoms with E-state index in [1.54, 1.807) is 0 Å². The zero-order valence-corrected chi connectivity index (χ0v) is 10.7. The molecule has 0 bridgehead atoms. The minimum atomic E-state index is -1.58. The van der Waals surface area contributed by atoms with Crippen molar-refractivity contribution in [3.05, 3.63) is 11.6 Å². The molecule has 4 N–H and O–H groups in total. The Balaban J connectivity index is 5.35.